The van der Waals surface area contributed by atoms with Crippen molar-refractivity contribution in [1.29, 1.82) is 0 Å². The highest BCUT2D eigenvalue weighted by Gasteiger charge is 2.23. The summed E-state index contributed by atoms with van der Waals surface area (Å²) in [5.41, 5.74) is 2.81. The van der Waals surface area contributed by atoms with Crippen LogP contribution in [-0.4, -0.2) is 42.6 Å². The van der Waals surface area contributed by atoms with Crippen LogP contribution < -0.4 is 15.5 Å². The van der Waals surface area contributed by atoms with Crippen molar-refractivity contribution < 1.29 is 4.79 Å². The number of carbonyl (C=O) groups excluding carboxylic acids is 1. The third-order valence-electron chi connectivity index (χ3n) is 6.69. The number of benzene rings is 2. The molecule has 0 bridgehead atoms. The highest BCUT2D eigenvalue weighted by atomic mass is 32.1. The summed E-state index contributed by atoms with van der Waals surface area (Å²) in [6.45, 7) is 0.718. The second kappa shape index (κ2) is 10.4. The molecular weight excluding hydrogens is 454 g/mol. The van der Waals surface area contributed by atoms with Gasteiger partial charge in [0, 0.05) is 42.5 Å². The van der Waals surface area contributed by atoms with Gasteiger partial charge in [-0.2, -0.15) is 4.98 Å². The zero-order valence-electron chi connectivity index (χ0n) is 20.2. The van der Waals surface area contributed by atoms with Gasteiger partial charge in [0.05, 0.1) is 5.52 Å². The zero-order chi connectivity index (χ0) is 24.2. The molecular formula is C28H31N5OS. The highest BCUT2D eigenvalue weighted by molar-refractivity contribution is 7.13. The first-order valence-corrected chi connectivity index (χ1v) is 13.1. The van der Waals surface area contributed by atoms with Gasteiger partial charge in [-0.25, -0.2) is 4.98 Å². The Kier molecular flexibility index (Phi) is 6.95. The van der Waals surface area contributed by atoms with Crippen molar-refractivity contribution in [2.24, 2.45) is 5.92 Å². The van der Waals surface area contributed by atoms with Crippen molar-refractivity contribution >= 4 is 39.9 Å². The van der Waals surface area contributed by atoms with E-state index in [9.17, 15) is 4.79 Å². The second-order valence-electron chi connectivity index (χ2n) is 9.41. The molecule has 2 N–H and O–H groups in total. The largest absolute Gasteiger partial charge is 0.362 e. The maximum atomic E-state index is 12.6. The van der Waals surface area contributed by atoms with E-state index >= 15 is 0 Å². The lowest BCUT2D eigenvalue weighted by Crippen LogP contribution is -2.34. The molecule has 0 saturated heterocycles. The topological polar surface area (TPSA) is 70.2 Å². The first kappa shape index (κ1) is 23.3. The molecule has 2 aromatic heterocycles. The summed E-state index contributed by atoms with van der Waals surface area (Å²) in [4.78, 5) is 25.4. The Balaban J connectivity index is 1.12. The summed E-state index contributed by atoms with van der Waals surface area (Å²) in [6.07, 6.45) is 4.24. The van der Waals surface area contributed by atoms with E-state index in [1.807, 2.05) is 67.5 Å². The molecule has 0 spiro atoms. The molecule has 1 amide bonds. The van der Waals surface area contributed by atoms with Crippen molar-refractivity contribution in [3.63, 3.8) is 0 Å². The van der Waals surface area contributed by atoms with E-state index in [1.165, 1.54) is 4.88 Å². The van der Waals surface area contributed by atoms with Crippen LogP contribution >= 0.6 is 11.3 Å². The SMILES string of the molecule is CN(C)c1nc(N[C@H]2CC[C@@H](CNC(=O)c3ccc(-c4cccs4)cc3)CC2)nc2ccccc12. The molecule has 2 heterocycles. The van der Waals surface area contributed by atoms with Crippen LogP contribution in [0.3, 0.4) is 0 Å². The molecule has 180 valence electrons. The lowest BCUT2D eigenvalue weighted by molar-refractivity contribution is 0.0943. The third-order valence-corrected chi connectivity index (χ3v) is 7.61. The molecule has 0 radical (unpaired) electrons. The minimum atomic E-state index is 0.00348. The molecule has 0 unspecified atom stereocenters. The lowest BCUT2D eigenvalue weighted by Gasteiger charge is -2.29. The number of hydrogen-bond donors (Lipinski definition) is 2. The van der Waals surface area contributed by atoms with Gasteiger partial charge in [0.1, 0.15) is 5.82 Å². The number of thiophene rings is 1. The highest BCUT2D eigenvalue weighted by Crippen LogP contribution is 2.28. The second-order valence-corrected chi connectivity index (χ2v) is 10.4. The number of hydrogen-bond acceptors (Lipinski definition) is 6. The van der Waals surface area contributed by atoms with E-state index in [0.29, 0.717) is 23.5 Å². The first-order chi connectivity index (χ1) is 17.1. The molecule has 1 aliphatic carbocycles. The van der Waals surface area contributed by atoms with Gasteiger partial charge in [-0.05, 0) is 72.9 Å². The van der Waals surface area contributed by atoms with Gasteiger partial charge in [-0.3, -0.25) is 4.79 Å². The Morgan fingerprint density at radius 1 is 0.971 bits per heavy atom. The van der Waals surface area contributed by atoms with Gasteiger partial charge >= 0.3 is 0 Å². The minimum absolute atomic E-state index is 0.00348. The molecule has 1 fully saturated rings. The monoisotopic (exact) mass is 485 g/mol. The standard InChI is InChI=1S/C28H31N5OS/c1-33(2)26-23-6-3-4-7-24(23)31-28(32-26)30-22-15-9-19(10-16-22)18-29-27(34)21-13-11-20(12-14-21)25-8-5-17-35-25/h3-8,11-14,17,19,22H,9-10,15-16,18H2,1-2H3,(H,29,34)(H,30,31,32)/t19-,22+. The van der Waals surface area contributed by atoms with Crippen molar-refractivity contribution in [3.8, 4) is 10.4 Å². The summed E-state index contributed by atoms with van der Waals surface area (Å²) >= 11 is 1.71. The number of anilines is 2. The van der Waals surface area contributed by atoms with Crippen molar-refractivity contribution in [2.45, 2.75) is 31.7 Å². The number of fused-ring (bicyclic) bond motifs is 1. The third kappa shape index (κ3) is 5.46. The van der Waals surface area contributed by atoms with E-state index < -0.39 is 0 Å². The molecule has 4 aromatic rings. The molecule has 6 nitrogen and oxygen atoms in total. The van der Waals surface area contributed by atoms with Gasteiger partial charge in [0.25, 0.3) is 5.91 Å². The number of rotatable bonds is 7. The van der Waals surface area contributed by atoms with E-state index in [4.69, 9.17) is 9.97 Å². The van der Waals surface area contributed by atoms with Crippen LogP contribution in [-0.2, 0) is 0 Å². The normalized spacial score (nSPS) is 17.8. The van der Waals surface area contributed by atoms with Crippen LogP contribution in [0.2, 0.25) is 0 Å². The maximum Gasteiger partial charge on any atom is 0.251 e. The van der Waals surface area contributed by atoms with Gasteiger partial charge in [-0.15, -0.1) is 11.3 Å². The Morgan fingerprint density at radius 3 is 2.46 bits per heavy atom. The fourth-order valence-electron chi connectivity index (χ4n) is 4.73. The average molecular weight is 486 g/mol. The number of para-hydroxylation sites is 1. The van der Waals surface area contributed by atoms with Crippen LogP contribution in [0, 0.1) is 5.92 Å². The van der Waals surface area contributed by atoms with Crippen molar-refractivity contribution in [3.05, 3.63) is 71.6 Å². The van der Waals surface area contributed by atoms with Gasteiger partial charge in [0.15, 0.2) is 0 Å². The van der Waals surface area contributed by atoms with Crippen LogP contribution in [0.1, 0.15) is 36.0 Å². The number of nitrogens with one attached hydrogen (secondary N) is 2. The van der Waals surface area contributed by atoms with Gasteiger partial charge in [-0.1, -0.05) is 30.3 Å². The fourth-order valence-corrected chi connectivity index (χ4v) is 5.46. The van der Waals surface area contributed by atoms with Gasteiger partial charge < -0.3 is 15.5 Å². The maximum absolute atomic E-state index is 12.6. The summed E-state index contributed by atoms with van der Waals surface area (Å²) in [5, 5.41) is 9.83. The van der Waals surface area contributed by atoms with Crippen molar-refractivity contribution in [2.75, 3.05) is 30.9 Å². The number of aromatic nitrogens is 2. The fraction of sp³-hybridized carbons (Fsp3) is 0.321. The molecule has 35 heavy (non-hydrogen) atoms. The quantitative estimate of drug-likeness (QED) is 0.345. The first-order valence-electron chi connectivity index (χ1n) is 12.2. The summed E-state index contributed by atoms with van der Waals surface area (Å²) in [5.74, 6) is 2.12. The lowest BCUT2D eigenvalue weighted by atomic mass is 9.86. The molecule has 2 aromatic carbocycles. The smallest absolute Gasteiger partial charge is 0.251 e. The number of nitrogens with zero attached hydrogens (tertiary/aromatic N) is 3. The molecule has 0 aliphatic heterocycles. The predicted octanol–water partition coefficient (Wildman–Crippen LogP) is 5.83. The van der Waals surface area contributed by atoms with Crippen LogP contribution in [0.25, 0.3) is 21.3 Å². The number of amides is 1. The molecule has 1 saturated carbocycles. The Bertz CT molecular complexity index is 1280. The zero-order valence-corrected chi connectivity index (χ0v) is 21.0. The molecule has 0 atom stereocenters. The van der Waals surface area contributed by atoms with Gasteiger partial charge in [0.2, 0.25) is 5.95 Å². The predicted molar refractivity (Wildman–Crippen MR) is 145 cm³/mol. The van der Waals surface area contributed by atoms with Crippen LogP contribution in [0.15, 0.2) is 66.0 Å². The molecule has 7 heteroatoms. The average Bonchev–Trinajstić information content (AvgIpc) is 3.43. The molecule has 5 rings (SSSR count). The summed E-state index contributed by atoms with van der Waals surface area (Å²) in [6, 6.07) is 20.5. The van der Waals surface area contributed by atoms with Crippen LogP contribution in [0.4, 0.5) is 11.8 Å². The van der Waals surface area contributed by atoms with Crippen molar-refractivity contribution in [1.82, 2.24) is 15.3 Å². The minimum Gasteiger partial charge on any atom is -0.362 e. The van der Waals surface area contributed by atoms with E-state index in [2.05, 4.69) is 28.1 Å². The van der Waals surface area contributed by atoms with Crippen LogP contribution in [0.5, 0.6) is 0 Å². The Hall–Kier alpha value is -3.45. The van der Waals surface area contributed by atoms with E-state index in [0.717, 1.165) is 54.5 Å². The van der Waals surface area contributed by atoms with E-state index in [1.54, 1.807) is 11.3 Å². The summed E-state index contributed by atoms with van der Waals surface area (Å²) in [7, 11) is 4.02. The number of carbonyl (C=O) groups is 1. The Labute approximate surface area is 210 Å². The summed E-state index contributed by atoms with van der Waals surface area (Å²) < 4.78 is 0. The van der Waals surface area contributed by atoms with E-state index in [-0.39, 0.29) is 5.91 Å². The Morgan fingerprint density at radius 2 is 1.74 bits per heavy atom. The molecule has 1 aliphatic rings.